The van der Waals surface area contributed by atoms with Crippen LogP contribution in [0.2, 0.25) is 0 Å². The number of aryl methyl sites for hydroxylation is 1. The average Bonchev–Trinajstić information content (AvgIpc) is 3.19. The van der Waals surface area contributed by atoms with Crippen LogP contribution >= 0.6 is 11.3 Å². The molecule has 6 nitrogen and oxygen atoms in total. The standard InChI is InChI=1S/C22H24N4O2S/c1-14(2)20(26-21(27)17-6-4-5-15(3)11-17)22(28)24-12-19-25-18(13-29-19)16-7-9-23-10-8-16/h4-11,13-14,20H,12H2,1-3H3,(H,24,28)(H,26,27). The van der Waals surface area contributed by atoms with E-state index in [9.17, 15) is 9.59 Å². The number of thiazole rings is 1. The zero-order valence-electron chi connectivity index (χ0n) is 16.7. The molecule has 2 heterocycles. The molecule has 0 saturated heterocycles. The maximum absolute atomic E-state index is 12.7. The maximum atomic E-state index is 12.7. The van der Waals surface area contributed by atoms with Gasteiger partial charge in [-0.25, -0.2) is 4.98 Å². The SMILES string of the molecule is Cc1cccc(C(=O)NC(C(=O)NCc2nc(-c3ccncc3)cs2)C(C)C)c1. The number of hydrogen-bond acceptors (Lipinski definition) is 5. The monoisotopic (exact) mass is 408 g/mol. The molecule has 0 bridgehead atoms. The first-order chi connectivity index (χ1) is 13.9. The van der Waals surface area contributed by atoms with Crippen LogP contribution in [-0.2, 0) is 11.3 Å². The number of amides is 2. The van der Waals surface area contributed by atoms with Gasteiger partial charge in [0.1, 0.15) is 11.0 Å². The Hall–Kier alpha value is -3.06. The van der Waals surface area contributed by atoms with Gasteiger partial charge < -0.3 is 10.6 Å². The number of hydrogen-bond donors (Lipinski definition) is 2. The van der Waals surface area contributed by atoms with Crippen LogP contribution in [0.1, 0.15) is 34.8 Å². The van der Waals surface area contributed by atoms with Crippen molar-refractivity contribution >= 4 is 23.2 Å². The van der Waals surface area contributed by atoms with Crippen molar-refractivity contribution in [1.82, 2.24) is 20.6 Å². The third-order valence-electron chi connectivity index (χ3n) is 4.46. The van der Waals surface area contributed by atoms with Gasteiger partial charge in [-0.2, -0.15) is 0 Å². The van der Waals surface area contributed by atoms with E-state index in [1.54, 1.807) is 24.5 Å². The van der Waals surface area contributed by atoms with Gasteiger partial charge in [0.05, 0.1) is 12.2 Å². The molecule has 0 radical (unpaired) electrons. The predicted molar refractivity (Wildman–Crippen MR) is 114 cm³/mol. The lowest BCUT2D eigenvalue weighted by Gasteiger charge is -2.21. The smallest absolute Gasteiger partial charge is 0.251 e. The number of nitrogens with zero attached hydrogens (tertiary/aromatic N) is 2. The molecule has 0 saturated carbocycles. The minimum atomic E-state index is -0.623. The molecular formula is C22H24N4O2S. The summed E-state index contributed by atoms with van der Waals surface area (Å²) in [5.41, 5.74) is 3.39. The fourth-order valence-electron chi connectivity index (χ4n) is 2.87. The van der Waals surface area contributed by atoms with E-state index in [4.69, 9.17) is 0 Å². The zero-order chi connectivity index (χ0) is 20.8. The number of aromatic nitrogens is 2. The van der Waals surface area contributed by atoms with Crippen molar-refractivity contribution in [2.24, 2.45) is 5.92 Å². The second-order valence-corrected chi connectivity index (χ2v) is 8.09. The number of carbonyl (C=O) groups excluding carboxylic acids is 2. The van der Waals surface area contributed by atoms with Crippen molar-refractivity contribution in [3.8, 4) is 11.3 Å². The number of pyridine rings is 1. The van der Waals surface area contributed by atoms with E-state index < -0.39 is 6.04 Å². The molecule has 3 rings (SSSR count). The lowest BCUT2D eigenvalue weighted by molar-refractivity contribution is -0.124. The highest BCUT2D eigenvalue weighted by Gasteiger charge is 2.24. The summed E-state index contributed by atoms with van der Waals surface area (Å²) in [5, 5.41) is 8.51. The third-order valence-corrected chi connectivity index (χ3v) is 5.31. The van der Waals surface area contributed by atoms with Crippen LogP contribution in [0.15, 0.2) is 54.2 Å². The average molecular weight is 409 g/mol. The highest BCUT2D eigenvalue weighted by atomic mass is 32.1. The fraction of sp³-hybridized carbons (Fsp3) is 0.273. The molecule has 0 spiro atoms. The van der Waals surface area contributed by atoms with Gasteiger partial charge in [0, 0.05) is 28.9 Å². The second kappa shape index (κ2) is 9.43. The molecule has 0 aliphatic rings. The summed E-state index contributed by atoms with van der Waals surface area (Å²) in [6.45, 7) is 6.06. The summed E-state index contributed by atoms with van der Waals surface area (Å²) in [6, 6.07) is 10.5. The summed E-state index contributed by atoms with van der Waals surface area (Å²) < 4.78 is 0. The van der Waals surface area contributed by atoms with Crippen LogP contribution in [0.4, 0.5) is 0 Å². The molecule has 3 aromatic rings. The van der Waals surface area contributed by atoms with Gasteiger partial charge in [-0.15, -0.1) is 11.3 Å². The Labute approximate surface area is 174 Å². The molecule has 7 heteroatoms. The Morgan fingerprint density at radius 1 is 1.14 bits per heavy atom. The normalized spacial score (nSPS) is 11.9. The van der Waals surface area contributed by atoms with E-state index in [1.165, 1.54) is 11.3 Å². The lowest BCUT2D eigenvalue weighted by atomic mass is 10.0. The third kappa shape index (κ3) is 5.48. The Morgan fingerprint density at radius 2 is 1.90 bits per heavy atom. The molecular weight excluding hydrogens is 384 g/mol. The van der Waals surface area contributed by atoms with Crippen molar-refractivity contribution in [1.29, 1.82) is 0 Å². The summed E-state index contributed by atoms with van der Waals surface area (Å²) >= 11 is 1.49. The van der Waals surface area contributed by atoms with Crippen molar-refractivity contribution in [3.05, 3.63) is 70.3 Å². The van der Waals surface area contributed by atoms with Gasteiger partial charge in [-0.3, -0.25) is 14.6 Å². The molecule has 0 fully saturated rings. The predicted octanol–water partition coefficient (Wildman–Crippen LogP) is 3.58. The van der Waals surface area contributed by atoms with Crippen molar-refractivity contribution in [3.63, 3.8) is 0 Å². The molecule has 150 valence electrons. The molecule has 2 aromatic heterocycles. The van der Waals surface area contributed by atoms with Crippen LogP contribution in [0, 0.1) is 12.8 Å². The molecule has 1 atom stereocenters. The van der Waals surface area contributed by atoms with Crippen LogP contribution in [0.5, 0.6) is 0 Å². The first-order valence-electron chi connectivity index (χ1n) is 9.44. The van der Waals surface area contributed by atoms with E-state index in [0.29, 0.717) is 12.1 Å². The molecule has 2 N–H and O–H groups in total. The second-order valence-electron chi connectivity index (χ2n) is 7.14. The van der Waals surface area contributed by atoms with Gasteiger partial charge in [-0.1, -0.05) is 31.5 Å². The number of nitrogens with one attached hydrogen (secondary N) is 2. The highest BCUT2D eigenvalue weighted by Crippen LogP contribution is 2.21. The van der Waals surface area contributed by atoms with Gasteiger partial charge >= 0.3 is 0 Å². The van der Waals surface area contributed by atoms with Crippen molar-refractivity contribution in [2.75, 3.05) is 0 Å². The summed E-state index contributed by atoms with van der Waals surface area (Å²) in [7, 11) is 0. The number of carbonyl (C=O) groups is 2. The van der Waals surface area contributed by atoms with E-state index in [-0.39, 0.29) is 17.7 Å². The van der Waals surface area contributed by atoms with E-state index in [2.05, 4.69) is 20.6 Å². The van der Waals surface area contributed by atoms with Crippen LogP contribution in [0.3, 0.4) is 0 Å². The summed E-state index contributed by atoms with van der Waals surface area (Å²) in [5.74, 6) is -0.522. The Kier molecular flexibility index (Phi) is 6.72. The van der Waals surface area contributed by atoms with Crippen molar-refractivity contribution in [2.45, 2.75) is 33.4 Å². The van der Waals surface area contributed by atoms with E-state index in [0.717, 1.165) is 21.8 Å². The largest absolute Gasteiger partial charge is 0.348 e. The Bertz CT molecular complexity index is 985. The highest BCUT2D eigenvalue weighted by molar-refractivity contribution is 7.09. The van der Waals surface area contributed by atoms with Crippen LogP contribution < -0.4 is 10.6 Å². The quantitative estimate of drug-likeness (QED) is 0.626. The lowest BCUT2D eigenvalue weighted by Crippen LogP contribution is -2.49. The molecule has 0 aliphatic heterocycles. The van der Waals surface area contributed by atoms with Gasteiger partial charge in [0.2, 0.25) is 5.91 Å². The van der Waals surface area contributed by atoms with E-state index >= 15 is 0 Å². The molecule has 1 aromatic carbocycles. The van der Waals surface area contributed by atoms with Crippen LogP contribution in [-0.4, -0.2) is 27.8 Å². The first kappa shape index (κ1) is 20.7. The van der Waals surface area contributed by atoms with Gasteiger partial charge in [0.15, 0.2) is 0 Å². The number of rotatable bonds is 7. The van der Waals surface area contributed by atoms with E-state index in [1.807, 2.05) is 50.4 Å². The minimum Gasteiger partial charge on any atom is -0.348 e. The Morgan fingerprint density at radius 3 is 2.59 bits per heavy atom. The number of benzene rings is 1. The molecule has 2 amide bonds. The van der Waals surface area contributed by atoms with Gasteiger partial charge in [-0.05, 0) is 37.1 Å². The first-order valence-corrected chi connectivity index (χ1v) is 10.3. The zero-order valence-corrected chi connectivity index (χ0v) is 17.5. The summed E-state index contributed by atoms with van der Waals surface area (Å²) in [6.07, 6.45) is 3.44. The fourth-order valence-corrected chi connectivity index (χ4v) is 3.61. The summed E-state index contributed by atoms with van der Waals surface area (Å²) in [4.78, 5) is 33.8. The van der Waals surface area contributed by atoms with Crippen LogP contribution in [0.25, 0.3) is 11.3 Å². The molecule has 1 unspecified atom stereocenters. The Balaban J connectivity index is 1.61. The van der Waals surface area contributed by atoms with Crippen molar-refractivity contribution < 1.29 is 9.59 Å². The molecule has 0 aliphatic carbocycles. The minimum absolute atomic E-state index is 0.0487. The van der Waals surface area contributed by atoms with Gasteiger partial charge in [0.25, 0.3) is 5.91 Å². The maximum Gasteiger partial charge on any atom is 0.251 e. The topological polar surface area (TPSA) is 84.0 Å². The molecule has 29 heavy (non-hydrogen) atoms.